The van der Waals surface area contributed by atoms with Crippen molar-refractivity contribution in [1.82, 2.24) is 15.3 Å². The number of H-pyrrole nitrogens is 1. The second-order valence-electron chi connectivity index (χ2n) is 3.95. The second-order valence-corrected chi connectivity index (χ2v) is 3.95. The lowest BCUT2D eigenvalue weighted by molar-refractivity contribution is -0.139. The maximum Gasteiger partial charge on any atom is 0.305 e. The molecule has 0 unspecified atom stereocenters. The van der Waals surface area contributed by atoms with E-state index in [0.717, 1.165) is 0 Å². The van der Waals surface area contributed by atoms with Crippen LogP contribution in [0.3, 0.4) is 0 Å². The molecule has 1 rings (SSSR count). The van der Waals surface area contributed by atoms with E-state index in [0.29, 0.717) is 5.69 Å². The molecule has 0 aliphatic heterocycles. The van der Waals surface area contributed by atoms with Crippen molar-refractivity contribution in [2.24, 2.45) is 11.5 Å². The van der Waals surface area contributed by atoms with Gasteiger partial charge in [-0.15, -0.1) is 0 Å². The van der Waals surface area contributed by atoms with Gasteiger partial charge in [-0.1, -0.05) is 0 Å². The number of amides is 2. The summed E-state index contributed by atoms with van der Waals surface area (Å²) in [5.41, 5.74) is 11.1. The van der Waals surface area contributed by atoms with E-state index in [2.05, 4.69) is 15.3 Å². The summed E-state index contributed by atoms with van der Waals surface area (Å²) in [5.74, 6) is -2.69. The van der Waals surface area contributed by atoms with Crippen molar-refractivity contribution in [3.05, 3.63) is 18.2 Å². The highest BCUT2D eigenvalue weighted by molar-refractivity contribution is 5.90. The predicted molar refractivity (Wildman–Crippen MR) is 63.6 cm³/mol. The summed E-state index contributed by atoms with van der Waals surface area (Å²) in [6, 6.07) is -2.21. The van der Waals surface area contributed by atoms with Crippen LogP contribution >= 0.6 is 0 Å². The SMILES string of the molecule is NC(=O)[C@@H](Cc1cnc[nH]1)NC(=O)[C@@H](N)CC(=O)O. The fraction of sp³-hybridized carbons (Fsp3) is 0.400. The number of imidazole rings is 1. The van der Waals surface area contributed by atoms with Gasteiger partial charge in [-0.3, -0.25) is 14.4 Å². The van der Waals surface area contributed by atoms with E-state index in [-0.39, 0.29) is 6.42 Å². The molecule has 0 aliphatic carbocycles. The minimum absolute atomic E-state index is 0.126. The predicted octanol–water partition coefficient (Wildman–Crippen LogP) is -2.28. The van der Waals surface area contributed by atoms with Crippen LogP contribution < -0.4 is 16.8 Å². The second kappa shape index (κ2) is 6.50. The summed E-state index contributed by atoms with van der Waals surface area (Å²) in [5, 5.41) is 10.8. The Morgan fingerprint density at radius 2 is 2.16 bits per heavy atom. The first-order valence-corrected chi connectivity index (χ1v) is 5.44. The summed E-state index contributed by atoms with van der Waals surface area (Å²) in [6.45, 7) is 0. The van der Waals surface area contributed by atoms with Crippen molar-refractivity contribution in [2.45, 2.75) is 24.9 Å². The number of carbonyl (C=O) groups is 3. The van der Waals surface area contributed by atoms with Gasteiger partial charge in [0.1, 0.15) is 6.04 Å². The van der Waals surface area contributed by atoms with Gasteiger partial charge in [-0.05, 0) is 0 Å². The fourth-order valence-corrected chi connectivity index (χ4v) is 1.40. The Bertz CT molecular complexity index is 458. The van der Waals surface area contributed by atoms with Crippen LogP contribution in [0.25, 0.3) is 0 Å². The fourth-order valence-electron chi connectivity index (χ4n) is 1.40. The summed E-state index contributed by atoms with van der Waals surface area (Å²) < 4.78 is 0. The topological polar surface area (TPSA) is 164 Å². The molecule has 0 aliphatic rings. The van der Waals surface area contributed by atoms with Gasteiger partial charge in [-0.25, -0.2) is 4.98 Å². The molecule has 0 saturated carbocycles. The molecule has 19 heavy (non-hydrogen) atoms. The lowest BCUT2D eigenvalue weighted by Crippen LogP contribution is -2.51. The van der Waals surface area contributed by atoms with Gasteiger partial charge >= 0.3 is 5.97 Å². The third-order valence-corrected chi connectivity index (χ3v) is 2.37. The lowest BCUT2D eigenvalue weighted by Gasteiger charge is -2.17. The molecule has 2 amide bonds. The average Bonchev–Trinajstić information content (AvgIpc) is 2.79. The third-order valence-electron chi connectivity index (χ3n) is 2.37. The van der Waals surface area contributed by atoms with Crippen LogP contribution in [-0.4, -0.2) is 44.9 Å². The van der Waals surface area contributed by atoms with E-state index in [1.54, 1.807) is 0 Å². The Morgan fingerprint density at radius 3 is 2.63 bits per heavy atom. The largest absolute Gasteiger partial charge is 0.481 e. The van der Waals surface area contributed by atoms with E-state index in [1.807, 2.05) is 0 Å². The van der Waals surface area contributed by atoms with Crippen LogP contribution in [0.1, 0.15) is 12.1 Å². The zero-order valence-electron chi connectivity index (χ0n) is 10.00. The molecule has 0 aromatic carbocycles. The summed E-state index contributed by atoms with van der Waals surface area (Å²) in [7, 11) is 0. The first-order chi connectivity index (χ1) is 8.90. The number of hydrogen-bond acceptors (Lipinski definition) is 5. The molecule has 0 saturated heterocycles. The highest BCUT2D eigenvalue weighted by atomic mass is 16.4. The Morgan fingerprint density at radius 1 is 1.47 bits per heavy atom. The van der Waals surface area contributed by atoms with E-state index < -0.39 is 36.3 Å². The number of carboxylic acid groups (broad SMARTS) is 1. The number of aromatic nitrogens is 2. The van der Waals surface area contributed by atoms with Gasteiger partial charge in [0.15, 0.2) is 0 Å². The number of rotatable bonds is 7. The Balaban J connectivity index is 2.61. The molecule has 2 atom stereocenters. The van der Waals surface area contributed by atoms with Crippen LogP contribution in [-0.2, 0) is 20.8 Å². The van der Waals surface area contributed by atoms with Crippen molar-refractivity contribution in [2.75, 3.05) is 0 Å². The minimum Gasteiger partial charge on any atom is -0.481 e. The molecule has 0 fully saturated rings. The number of nitrogens with two attached hydrogens (primary N) is 2. The minimum atomic E-state index is -1.24. The van der Waals surface area contributed by atoms with Gasteiger partial charge < -0.3 is 26.9 Å². The number of nitrogens with zero attached hydrogens (tertiary/aromatic N) is 1. The highest BCUT2D eigenvalue weighted by Crippen LogP contribution is 1.99. The monoisotopic (exact) mass is 269 g/mol. The van der Waals surface area contributed by atoms with E-state index in [9.17, 15) is 14.4 Å². The van der Waals surface area contributed by atoms with Crippen LogP contribution in [0.15, 0.2) is 12.5 Å². The van der Waals surface area contributed by atoms with E-state index >= 15 is 0 Å². The van der Waals surface area contributed by atoms with Crippen molar-refractivity contribution in [3.63, 3.8) is 0 Å². The van der Waals surface area contributed by atoms with Crippen molar-refractivity contribution in [1.29, 1.82) is 0 Å². The molecule has 7 N–H and O–H groups in total. The number of carboxylic acids is 1. The molecular weight excluding hydrogens is 254 g/mol. The Kier molecular flexibility index (Phi) is 5.01. The molecule has 0 radical (unpaired) electrons. The number of carbonyl (C=O) groups excluding carboxylic acids is 2. The molecule has 1 heterocycles. The zero-order valence-corrected chi connectivity index (χ0v) is 10.00. The summed E-state index contributed by atoms with van der Waals surface area (Å²) in [4.78, 5) is 39.8. The van der Waals surface area contributed by atoms with Gasteiger partial charge in [0.2, 0.25) is 11.8 Å². The first-order valence-electron chi connectivity index (χ1n) is 5.44. The zero-order chi connectivity index (χ0) is 14.4. The maximum atomic E-state index is 11.6. The van der Waals surface area contributed by atoms with Crippen LogP contribution in [0.5, 0.6) is 0 Å². The molecule has 0 spiro atoms. The van der Waals surface area contributed by atoms with Crippen molar-refractivity contribution >= 4 is 17.8 Å². The summed E-state index contributed by atoms with van der Waals surface area (Å²) >= 11 is 0. The summed E-state index contributed by atoms with van der Waals surface area (Å²) in [6.07, 6.45) is 2.51. The number of aliphatic carboxylic acids is 1. The van der Waals surface area contributed by atoms with Crippen molar-refractivity contribution in [3.8, 4) is 0 Å². The van der Waals surface area contributed by atoms with E-state index in [4.69, 9.17) is 16.6 Å². The van der Waals surface area contributed by atoms with Gasteiger partial charge in [0.25, 0.3) is 0 Å². The van der Waals surface area contributed by atoms with Gasteiger partial charge in [0, 0.05) is 18.3 Å². The van der Waals surface area contributed by atoms with Gasteiger partial charge in [0.05, 0.1) is 18.8 Å². The van der Waals surface area contributed by atoms with Crippen LogP contribution in [0.4, 0.5) is 0 Å². The molecule has 1 aromatic heterocycles. The maximum absolute atomic E-state index is 11.6. The normalized spacial score (nSPS) is 13.5. The molecule has 9 heteroatoms. The molecular formula is C10H15N5O4. The molecule has 1 aromatic rings. The van der Waals surface area contributed by atoms with Crippen molar-refractivity contribution < 1.29 is 19.5 Å². The molecule has 9 nitrogen and oxygen atoms in total. The highest BCUT2D eigenvalue weighted by Gasteiger charge is 2.23. The first kappa shape index (κ1) is 14.6. The average molecular weight is 269 g/mol. The quantitative estimate of drug-likeness (QED) is 0.374. The smallest absolute Gasteiger partial charge is 0.305 e. The lowest BCUT2D eigenvalue weighted by atomic mass is 10.1. The third kappa shape index (κ3) is 4.76. The Labute approximate surface area is 108 Å². The number of hydrogen-bond donors (Lipinski definition) is 5. The van der Waals surface area contributed by atoms with E-state index in [1.165, 1.54) is 12.5 Å². The van der Waals surface area contributed by atoms with Gasteiger partial charge in [-0.2, -0.15) is 0 Å². The standard InChI is InChI=1S/C10H15N5O4/c11-6(2-8(16)17)10(19)15-7(9(12)18)1-5-3-13-4-14-5/h3-4,6-7H,1-2,11H2,(H2,12,18)(H,13,14)(H,15,19)(H,16,17)/t6-,7+/m0/s1. The molecule has 0 bridgehead atoms. The molecule has 104 valence electrons. The number of nitrogens with one attached hydrogen (secondary N) is 2. The van der Waals surface area contributed by atoms with Crippen LogP contribution in [0.2, 0.25) is 0 Å². The Hall–Kier alpha value is -2.42. The van der Waals surface area contributed by atoms with Crippen LogP contribution in [0, 0.1) is 0 Å². The number of primary amides is 1. The number of aromatic amines is 1.